The van der Waals surface area contributed by atoms with Crippen LogP contribution < -0.4 is 10.2 Å². The fourth-order valence-electron chi connectivity index (χ4n) is 1.57. The Morgan fingerprint density at radius 2 is 2.16 bits per heavy atom. The minimum atomic E-state index is -0.159. The smallest absolute Gasteiger partial charge is 0.244 e. The van der Waals surface area contributed by atoms with Crippen LogP contribution in [0.3, 0.4) is 0 Å². The van der Waals surface area contributed by atoms with Crippen LogP contribution in [0.15, 0.2) is 47.7 Å². The highest BCUT2D eigenvalue weighted by atomic mass is 16.5. The molecule has 19 heavy (non-hydrogen) atoms. The van der Waals surface area contributed by atoms with Crippen molar-refractivity contribution in [2.24, 2.45) is 5.10 Å². The van der Waals surface area contributed by atoms with Gasteiger partial charge in [-0.3, -0.25) is 4.79 Å². The second kappa shape index (κ2) is 6.39. The number of carbonyl (C=O) groups excluding carboxylic acids is 1. The van der Waals surface area contributed by atoms with Crippen molar-refractivity contribution >= 4 is 12.1 Å². The van der Waals surface area contributed by atoms with Gasteiger partial charge in [-0.05, 0) is 29.8 Å². The molecule has 0 aliphatic heterocycles. The van der Waals surface area contributed by atoms with Gasteiger partial charge in [-0.15, -0.1) is 0 Å². The first-order valence-electron chi connectivity index (χ1n) is 5.86. The Balaban J connectivity index is 1.83. The number of ether oxygens (including phenoxy) is 1. The number of nitrogens with one attached hydrogen (secondary N) is 2. The summed E-state index contributed by atoms with van der Waals surface area (Å²) in [5.41, 5.74) is 4.23. The standard InChI is InChI=1S/C14H15N3O2/c1-19-13-6-4-11(5-7-13)9-14(18)17-16-10-12-3-2-8-15-12/h2-8,10,15H,9H2,1H3,(H,17,18)/b16-10-. The van der Waals surface area contributed by atoms with Gasteiger partial charge in [-0.2, -0.15) is 5.10 Å². The Morgan fingerprint density at radius 1 is 1.37 bits per heavy atom. The Hall–Kier alpha value is -2.56. The normalized spacial score (nSPS) is 10.6. The van der Waals surface area contributed by atoms with Gasteiger partial charge in [0.25, 0.3) is 0 Å². The number of rotatable bonds is 5. The van der Waals surface area contributed by atoms with Crippen LogP contribution in [-0.2, 0) is 11.2 Å². The zero-order chi connectivity index (χ0) is 13.5. The number of hydrogen-bond donors (Lipinski definition) is 2. The van der Waals surface area contributed by atoms with E-state index >= 15 is 0 Å². The van der Waals surface area contributed by atoms with Crippen molar-refractivity contribution in [1.82, 2.24) is 10.4 Å². The molecule has 1 aromatic carbocycles. The number of nitrogens with zero attached hydrogens (tertiary/aromatic N) is 1. The lowest BCUT2D eigenvalue weighted by molar-refractivity contribution is -0.120. The van der Waals surface area contributed by atoms with Crippen molar-refractivity contribution in [3.63, 3.8) is 0 Å². The fraction of sp³-hybridized carbons (Fsp3) is 0.143. The second-order valence-corrected chi connectivity index (χ2v) is 3.94. The molecular formula is C14H15N3O2. The van der Waals surface area contributed by atoms with Crippen molar-refractivity contribution in [3.8, 4) is 5.75 Å². The largest absolute Gasteiger partial charge is 0.497 e. The Kier molecular flexibility index (Phi) is 4.34. The number of H-pyrrole nitrogens is 1. The van der Waals surface area contributed by atoms with Crippen LogP contribution in [0.2, 0.25) is 0 Å². The molecule has 1 heterocycles. The molecule has 2 rings (SSSR count). The Bertz CT molecular complexity index is 545. The summed E-state index contributed by atoms with van der Waals surface area (Å²) in [5, 5.41) is 3.86. The van der Waals surface area contributed by atoms with E-state index in [1.54, 1.807) is 19.5 Å². The van der Waals surface area contributed by atoms with Crippen molar-refractivity contribution in [1.29, 1.82) is 0 Å². The highest BCUT2D eigenvalue weighted by molar-refractivity contribution is 5.82. The molecule has 5 nitrogen and oxygen atoms in total. The fourth-order valence-corrected chi connectivity index (χ4v) is 1.57. The third kappa shape index (κ3) is 3.99. The van der Waals surface area contributed by atoms with Gasteiger partial charge in [0, 0.05) is 6.20 Å². The number of hydrogen-bond acceptors (Lipinski definition) is 3. The summed E-state index contributed by atoms with van der Waals surface area (Å²) < 4.78 is 5.05. The molecule has 1 amide bonds. The average Bonchev–Trinajstić information content (AvgIpc) is 2.93. The summed E-state index contributed by atoms with van der Waals surface area (Å²) in [5.74, 6) is 0.613. The molecule has 0 saturated heterocycles. The maximum Gasteiger partial charge on any atom is 0.244 e. The third-order valence-electron chi connectivity index (χ3n) is 2.54. The lowest BCUT2D eigenvalue weighted by Gasteiger charge is -2.02. The van der Waals surface area contributed by atoms with Crippen LogP contribution in [0, 0.1) is 0 Å². The van der Waals surface area contributed by atoms with Crippen molar-refractivity contribution in [2.45, 2.75) is 6.42 Å². The second-order valence-electron chi connectivity index (χ2n) is 3.94. The minimum Gasteiger partial charge on any atom is -0.497 e. The summed E-state index contributed by atoms with van der Waals surface area (Å²) in [6.07, 6.45) is 3.64. The molecule has 2 N–H and O–H groups in total. The van der Waals surface area contributed by atoms with E-state index in [1.165, 1.54) is 0 Å². The predicted octanol–water partition coefficient (Wildman–Crippen LogP) is 1.72. The molecular weight excluding hydrogens is 242 g/mol. The van der Waals surface area contributed by atoms with Crippen molar-refractivity contribution in [2.75, 3.05) is 7.11 Å². The zero-order valence-corrected chi connectivity index (χ0v) is 10.6. The van der Waals surface area contributed by atoms with Gasteiger partial charge >= 0.3 is 0 Å². The van der Waals surface area contributed by atoms with E-state index in [-0.39, 0.29) is 12.3 Å². The van der Waals surface area contributed by atoms with E-state index in [0.717, 1.165) is 17.0 Å². The molecule has 0 aliphatic carbocycles. The molecule has 0 atom stereocenters. The molecule has 0 unspecified atom stereocenters. The number of aromatic nitrogens is 1. The summed E-state index contributed by atoms with van der Waals surface area (Å²) in [4.78, 5) is 14.6. The minimum absolute atomic E-state index is 0.159. The molecule has 0 fully saturated rings. The van der Waals surface area contributed by atoms with Gasteiger partial charge in [0.2, 0.25) is 5.91 Å². The quantitative estimate of drug-likeness (QED) is 0.632. The number of carbonyl (C=O) groups is 1. The molecule has 0 saturated carbocycles. The molecule has 98 valence electrons. The molecule has 0 aliphatic rings. The van der Waals surface area contributed by atoms with E-state index in [1.807, 2.05) is 36.4 Å². The number of hydrazone groups is 1. The Morgan fingerprint density at radius 3 is 2.79 bits per heavy atom. The first-order chi connectivity index (χ1) is 9.28. The number of methoxy groups -OCH3 is 1. The average molecular weight is 257 g/mol. The first kappa shape index (κ1) is 12.9. The first-order valence-corrected chi connectivity index (χ1v) is 5.86. The van der Waals surface area contributed by atoms with Crippen LogP contribution in [0.25, 0.3) is 0 Å². The van der Waals surface area contributed by atoms with Gasteiger partial charge in [0.15, 0.2) is 0 Å². The highest BCUT2D eigenvalue weighted by Gasteiger charge is 2.02. The van der Waals surface area contributed by atoms with E-state index in [0.29, 0.717) is 0 Å². The van der Waals surface area contributed by atoms with Crippen molar-refractivity contribution in [3.05, 3.63) is 53.9 Å². The molecule has 0 spiro atoms. The van der Waals surface area contributed by atoms with Gasteiger partial charge in [-0.25, -0.2) is 5.43 Å². The van der Waals surface area contributed by atoms with E-state index < -0.39 is 0 Å². The van der Waals surface area contributed by atoms with Gasteiger partial charge in [0.05, 0.1) is 25.4 Å². The van der Waals surface area contributed by atoms with Crippen LogP contribution >= 0.6 is 0 Å². The summed E-state index contributed by atoms with van der Waals surface area (Å²) in [7, 11) is 1.61. The number of benzene rings is 1. The molecule has 0 radical (unpaired) electrons. The van der Waals surface area contributed by atoms with Gasteiger partial charge in [0.1, 0.15) is 5.75 Å². The topological polar surface area (TPSA) is 66.5 Å². The maximum atomic E-state index is 11.6. The zero-order valence-electron chi connectivity index (χ0n) is 10.6. The van der Waals surface area contributed by atoms with Crippen LogP contribution in [0.4, 0.5) is 0 Å². The van der Waals surface area contributed by atoms with Gasteiger partial charge in [-0.1, -0.05) is 12.1 Å². The molecule has 2 aromatic rings. The number of amides is 1. The molecule has 0 bridgehead atoms. The van der Waals surface area contributed by atoms with Gasteiger partial charge < -0.3 is 9.72 Å². The van der Waals surface area contributed by atoms with Crippen molar-refractivity contribution < 1.29 is 9.53 Å². The lowest BCUT2D eigenvalue weighted by Crippen LogP contribution is -2.19. The SMILES string of the molecule is COc1ccc(CC(=O)N/N=C\c2ccc[nH]2)cc1. The summed E-state index contributed by atoms with van der Waals surface area (Å²) in [6, 6.07) is 11.1. The predicted molar refractivity (Wildman–Crippen MR) is 73.2 cm³/mol. The molecule has 5 heteroatoms. The van der Waals surface area contributed by atoms with E-state index in [4.69, 9.17) is 4.74 Å². The van der Waals surface area contributed by atoms with Crippen LogP contribution in [0.5, 0.6) is 5.75 Å². The maximum absolute atomic E-state index is 11.6. The summed E-state index contributed by atoms with van der Waals surface area (Å²) >= 11 is 0. The number of aromatic amines is 1. The lowest BCUT2D eigenvalue weighted by atomic mass is 10.1. The highest BCUT2D eigenvalue weighted by Crippen LogP contribution is 2.11. The van der Waals surface area contributed by atoms with Crippen LogP contribution in [0.1, 0.15) is 11.3 Å². The summed E-state index contributed by atoms with van der Waals surface area (Å²) in [6.45, 7) is 0. The van der Waals surface area contributed by atoms with E-state index in [9.17, 15) is 4.79 Å². The molecule has 1 aromatic heterocycles. The van der Waals surface area contributed by atoms with E-state index in [2.05, 4.69) is 15.5 Å². The Labute approximate surface area is 111 Å². The van der Waals surface area contributed by atoms with Crippen LogP contribution in [-0.4, -0.2) is 24.2 Å². The third-order valence-corrected chi connectivity index (χ3v) is 2.54. The monoisotopic (exact) mass is 257 g/mol.